The van der Waals surface area contributed by atoms with E-state index < -0.39 is 16.1 Å². The number of carbonyl (C=O) groups is 2. The lowest BCUT2D eigenvalue weighted by Crippen LogP contribution is -2.50. The monoisotopic (exact) mass is 487 g/mol. The molecular weight excluding hydrogens is 454 g/mol. The number of benzene rings is 2. The van der Waals surface area contributed by atoms with Gasteiger partial charge in [0.1, 0.15) is 11.8 Å². The van der Waals surface area contributed by atoms with E-state index in [-0.39, 0.29) is 41.6 Å². The second-order valence-corrected chi connectivity index (χ2v) is 10.9. The van der Waals surface area contributed by atoms with Crippen molar-refractivity contribution >= 4 is 27.5 Å². The van der Waals surface area contributed by atoms with E-state index in [9.17, 15) is 18.0 Å². The summed E-state index contributed by atoms with van der Waals surface area (Å²) in [5.74, 6) is -0.310. The molecule has 2 aromatic carbocycles. The molecule has 0 spiro atoms. The standard InChI is InChI=1S/C25H33N3O5S/c1-17(2)23(25(30)26-20-7-9-21(33-4)10-8-20)27-24(29)19-13-15-28(16-14-19)34(31,32)22-11-5-18(3)6-12-22/h5-12,17,19,23H,13-16H2,1-4H3,(H,26,30)(H,27,29). The third-order valence-corrected chi connectivity index (χ3v) is 8.00. The number of aryl methyl sites for hydroxylation is 1. The normalized spacial score (nSPS) is 16.1. The predicted molar refractivity (Wildman–Crippen MR) is 131 cm³/mol. The molecule has 9 heteroatoms. The molecule has 0 bridgehead atoms. The molecule has 1 saturated heterocycles. The number of rotatable bonds is 8. The number of piperidine rings is 1. The first-order valence-corrected chi connectivity index (χ1v) is 12.9. The van der Waals surface area contributed by atoms with Crippen molar-refractivity contribution in [3.05, 3.63) is 54.1 Å². The van der Waals surface area contributed by atoms with Gasteiger partial charge in [0.05, 0.1) is 12.0 Å². The van der Waals surface area contributed by atoms with Crippen molar-refractivity contribution in [3.8, 4) is 5.75 Å². The lowest BCUT2D eigenvalue weighted by molar-refractivity contribution is -0.130. The molecule has 8 nitrogen and oxygen atoms in total. The smallest absolute Gasteiger partial charge is 0.247 e. The van der Waals surface area contributed by atoms with Crippen LogP contribution in [0, 0.1) is 18.8 Å². The summed E-state index contributed by atoms with van der Waals surface area (Å²) in [6.45, 7) is 6.17. The van der Waals surface area contributed by atoms with E-state index in [0.29, 0.717) is 24.3 Å². The van der Waals surface area contributed by atoms with Crippen LogP contribution in [-0.4, -0.2) is 50.8 Å². The van der Waals surface area contributed by atoms with E-state index in [2.05, 4.69) is 10.6 Å². The van der Waals surface area contributed by atoms with E-state index in [1.165, 1.54) is 4.31 Å². The Labute approximate surface area is 201 Å². The third-order valence-electron chi connectivity index (χ3n) is 6.09. The van der Waals surface area contributed by atoms with Gasteiger partial charge in [-0.1, -0.05) is 31.5 Å². The molecule has 2 aromatic rings. The third kappa shape index (κ3) is 6.15. The lowest BCUT2D eigenvalue weighted by atomic mass is 9.95. The maximum absolute atomic E-state index is 12.9. The van der Waals surface area contributed by atoms with E-state index in [1.807, 2.05) is 20.8 Å². The van der Waals surface area contributed by atoms with Gasteiger partial charge in [-0.05, 0) is 62.1 Å². The highest BCUT2D eigenvalue weighted by Crippen LogP contribution is 2.25. The van der Waals surface area contributed by atoms with Gasteiger partial charge in [-0.2, -0.15) is 4.31 Å². The summed E-state index contributed by atoms with van der Waals surface area (Å²) in [5.41, 5.74) is 1.60. The highest BCUT2D eigenvalue weighted by Gasteiger charge is 2.34. The zero-order valence-corrected chi connectivity index (χ0v) is 20.9. The molecule has 0 radical (unpaired) electrons. The second-order valence-electron chi connectivity index (χ2n) is 8.94. The molecule has 3 rings (SSSR count). The van der Waals surface area contributed by atoms with Crippen molar-refractivity contribution in [3.63, 3.8) is 0 Å². The Morgan fingerprint density at radius 1 is 1.00 bits per heavy atom. The number of hydrogen-bond acceptors (Lipinski definition) is 5. The van der Waals surface area contributed by atoms with Gasteiger partial charge in [0.2, 0.25) is 21.8 Å². The molecule has 34 heavy (non-hydrogen) atoms. The number of carbonyl (C=O) groups excluding carboxylic acids is 2. The average molecular weight is 488 g/mol. The van der Waals surface area contributed by atoms with Crippen LogP contribution in [0.15, 0.2) is 53.4 Å². The zero-order chi connectivity index (χ0) is 24.9. The van der Waals surface area contributed by atoms with Crippen molar-refractivity contribution in [2.24, 2.45) is 11.8 Å². The first-order chi connectivity index (χ1) is 16.1. The molecule has 1 unspecified atom stereocenters. The molecular formula is C25H33N3O5S. The summed E-state index contributed by atoms with van der Waals surface area (Å²) in [7, 11) is -2.02. The quantitative estimate of drug-likeness (QED) is 0.595. The van der Waals surface area contributed by atoms with Crippen molar-refractivity contribution in [2.75, 3.05) is 25.5 Å². The zero-order valence-electron chi connectivity index (χ0n) is 20.1. The number of methoxy groups -OCH3 is 1. The van der Waals surface area contributed by atoms with Gasteiger partial charge in [0, 0.05) is 24.7 Å². The van der Waals surface area contributed by atoms with Gasteiger partial charge in [-0.15, -0.1) is 0 Å². The van der Waals surface area contributed by atoms with Crippen molar-refractivity contribution in [1.29, 1.82) is 0 Å². The molecule has 1 aliphatic heterocycles. The summed E-state index contributed by atoms with van der Waals surface area (Å²) in [5, 5.41) is 5.71. The summed E-state index contributed by atoms with van der Waals surface area (Å²) >= 11 is 0. The molecule has 0 aliphatic carbocycles. The number of hydrogen-bond donors (Lipinski definition) is 2. The maximum atomic E-state index is 12.9. The van der Waals surface area contributed by atoms with Gasteiger partial charge in [0.15, 0.2) is 0 Å². The van der Waals surface area contributed by atoms with Crippen molar-refractivity contribution in [1.82, 2.24) is 9.62 Å². The van der Waals surface area contributed by atoms with Crippen LogP contribution in [0.3, 0.4) is 0 Å². The summed E-state index contributed by atoms with van der Waals surface area (Å²) < 4.78 is 32.4. The fourth-order valence-corrected chi connectivity index (χ4v) is 5.39. The van der Waals surface area contributed by atoms with Gasteiger partial charge in [-0.3, -0.25) is 9.59 Å². The predicted octanol–water partition coefficient (Wildman–Crippen LogP) is 3.18. The van der Waals surface area contributed by atoms with Gasteiger partial charge in [0.25, 0.3) is 0 Å². The van der Waals surface area contributed by atoms with E-state index in [1.54, 1.807) is 55.6 Å². The fraction of sp³-hybridized carbons (Fsp3) is 0.440. The minimum absolute atomic E-state index is 0.121. The van der Waals surface area contributed by atoms with Crippen LogP contribution >= 0.6 is 0 Å². The molecule has 1 atom stereocenters. The molecule has 0 aromatic heterocycles. The fourth-order valence-electron chi connectivity index (χ4n) is 3.92. The van der Waals surface area contributed by atoms with Crippen LogP contribution < -0.4 is 15.4 Å². The Morgan fingerprint density at radius 2 is 1.59 bits per heavy atom. The molecule has 1 heterocycles. The summed E-state index contributed by atoms with van der Waals surface area (Å²) in [6, 6.07) is 13.0. The largest absolute Gasteiger partial charge is 0.497 e. The molecule has 2 amide bonds. The van der Waals surface area contributed by atoms with Crippen LogP contribution in [0.2, 0.25) is 0 Å². The molecule has 0 saturated carbocycles. The minimum Gasteiger partial charge on any atom is -0.497 e. The van der Waals surface area contributed by atoms with Gasteiger partial charge in [-0.25, -0.2) is 8.42 Å². The van der Waals surface area contributed by atoms with Crippen LogP contribution in [0.5, 0.6) is 5.75 Å². The number of nitrogens with one attached hydrogen (secondary N) is 2. The van der Waals surface area contributed by atoms with E-state index in [0.717, 1.165) is 5.56 Å². The SMILES string of the molecule is COc1ccc(NC(=O)C(NC(=O)C2CCN(S(=O)(=O)c3ccc(C)cc3)CC2)C(C)C)cc1. The van der Waals surface area contributed by atoms with Crippen LogP contribution in [-0.2, 0) is 19.6 Å². The summed E-state index contributed by atoms with van der Waals surface area (Å²) in [6.07, 6.45) is 0.809. The number of sulfonamides is 1. The Bertz CT molecular complexity index is 1090. The Hall–Kier alpha value is -2.91. The average Bonchev–Trinajstić information content (AvgIpc) is 2.83. The van der Waals surface area contributed by atoms with E-state index in [4.69, 9.17) is 4.74 Å². The minimum atomic E-state index is -3.59. The number of ether oxygens (including phenoxy) is 1. The molecule has 2 N–H and O–H groups in total. The van der Waals surface area contributed by atoms with Crippen LogP contribution in [0.1, 0.15) is 32.3 Å². The van der Waals surface area contributed by atoms with Crippen molar-refractivity contribution < 1.29 is 22.7 Å². The van der Waals surface area contributed by atoms with E-state index >= 15 is 0 Å². The topological polar surface area (TPSA) is 105 Å². The molecule has 1 fully saturated rings. The van der Waals surface area contributed by atoms with Gasteiger partial charge < -0.3 is 15.4 Å². The Morgan fingerprint density at radius 3 is 2.12 bits per heavy atom. The maximum Gasteiger partial charge on any atom is 0.247 e. The van der Waals surface area contributed by atoms with Crippen LogP contribution in [0.25, 0.3) is 0 Å². The number of anilines is 1. The van der Waals surface area contributed by atoms with Crippen LogP contribution in [0.4, 0.5) is 5.69 Å². The second kappa shape index (κ2) is 11.0. The lowest BCUT2D eigenvalue weighted by Gasteiger charge is -2.32. The molecule has 1 aliphatic rings. The highest BCUT2D eigenvalue weighted by molar-refractivity contribution is 7.89. The first-order valence-electron chi connectivity index (χ1n) is 11.4. The van der Waals surface area contributed by atoms with Gasteiger partial charge >= 0.3 is 0 Å². The Balaban J connectivity index is 1.58. The number of amides is 2. The Kier molecular flexibility index (Phi) is 8.33. The molecule has 184 valence electrons. The highest BCUT2D eigenvalue weighted by atomic mass is 32.2. The summed E-state index contributed by atoms with van der Waals surface area (Å²) in [4.78, 5) is 26.0. The number of nitrogens with zero attached hydrogens (tertiary/aromatic N) is 1. The first kappa shape index (κ1) is 25.7. The van der Waals surface area contributed by atoms with Crippen molar-refractivity contribution in [2.45, 2.75) is 44.6 Å².